The van der Waals surface area contributed by atoms with Gasteiger partial charge in [0.2, 0.25) is 5.91 Å². The van der Waals surface area contributed by atoms with E-state index < -0.39 is 5.79 Å². The number of aliphatic imine (C=N–C) groups is 1. The van der Waals surface area contributed by atoms with Gasteiger partial charge in [0, 0.05) is 46.6 Å². The molecule has 10 heteroatoms. The van der Waals surface area contributed by atoms with Crippen LogP contribution in [0.15, 0.2) is 4.99 Å². The second kappa shape index (κ2) is 12.2. The third-order valence-corrected chi connectivity index (χ3v) is 5.31. The first-order valence-corrected chi connectivity index (χ1v) is 10.3. The van der Waals surface area contributed by atoms with Gasteiger partial charge in [0.25, 0.3) is 0 Å². The quantitative estimate of drug-likeness (QED) is 0.299. The molecule has 0 aliphatic carbocycles. The highest BCUT2D eigenvalue weighted by atomic mass is 127. The molecule has 168 valence electrons. The zero-order chi connectivity index (χ0) is 19.8. The van der Waals surface area contributed by atoms with Crippen molar-refractivity contribution in [2.45, 2.75) is 50.1 Å². The number of hydrogen-bond acceptors (Lipinski definition) is 6. The number of nitrogens with zero attached hydrogens (tertiary/aromatic N) is 2. The molecular formula is C19H35IN4O5. The molecule has 3 saturated heterocycles. The highest BCUT2D eigenvalue weighted by Gasteiger charge is 2.42. The van der Waals surface area contributed by atoms with Crippen LogP contribution in [0, 0.1) is 0 Å². The lowest BCUT2D eigenvalue weighted by atomic mass is 10.1. The minimum atomic E-state index is -0.494. The fourth-order valence-electron chi connectivity index (χ4n) is 3.51. The average Bonchev–Trinajstić information content (AvgIpc) is 3.10. The molecule has 0 bridgehead atoms. The van der Waals surface area contributed by atoms with Crippen LogP contribution in [0.1, 0.15) is 32.1 Å². The molecule has 0 saturated carbocycles. The number of hydrogen-bond donors (Lipinski definition) is 2. The van der Waals surface area contributed by atoms with Crippen molar-refractivity contribution >= 4 is 35.8 Å². The number of carbonyl (C=O) groups is 1. The SMILES string of the molecule is CN(C)C(=O)CN=C(NCC1CCCCO1)NCC1COC2(CCOCC2)O1.I. The molecule has 2 N–H and O–H groups in total. The van der Waals surface area contributed by atoms with Crippen LogP contribution in [0.2, 0.25) is 0 Å². The van der Waals surface area contributed by atoms with E-state index in [2.05, 4.69) is 15.6 Å². The number of nitrogens with one attached hydrogen (secondary N) is 2. The maximum absolute atomic E-state index is 11.9. The van der Waals surface area contributed by atoms with E-state index in [-0.39, 0.29) is 48.6 Å². The molecule has 3 heterocycles. The Morgan fingerprint density at radius 3 is 2.48 bits per heavy atom. The number of amides is 1. The monoisotopic (exact) mass is 526 g/mol. The van der Waals surface area contributed by atoms with E-state index in [0.717, 1.165) is 32.3 Å². The summed E-state index contributed by atoms with van der Waals surface area (Å²) < 4.78 is 23.2. The van der Waals surface area contributed by atoms with E-state index in [1.165, 1.54) is 11.3 Å². The highest BCUT2D eigenvalue weighted by Crippen LogP contribution is 2.32. The number of rotatable bonds is 6. The minimum absolute atomic E-state index is 0. The van der Waals surface area contributed by atoms with Gasteiger partial charge in [-0.1, -0.05) is 0 Å². The molecule has 3 aliphatic heterocycles. The van der Waals surface area contributed by atoms with Crippen LogP contribution in [-0.4, -0.2) is 94.9 Å². The van der Waals surface area contributed by atoms with E-state index in [4.69, 9.17) is 18.9 Å². The average molecular weight is 526 g/mol. The van der Waals surface area contributed by atoms with Gasteiger partial charge in [0.1, 0.15) is 12.6 Å². The van der Waals surface area contributed by atoms with Crippen molar-refractivity contribution in [2.75, 3.05) is 60.2 Å². The minimum Gasteiger partial charge on any atom is -0.381 e. The van der Waals surface area contributed by atoms with Crippen LogP contribution in [0.3, 0.4) is 0 Å². The van der Waals surface area contributed by atoms with E-state index in [1.807, 2.05) is 0 Å². The summed E-state index contributed by atoms with van der Waals surface area (Å²) in [6, 6.07) is 0. The van der Waals surface area contributed by atoms with Gasteiger partial charge in [0.15, 0.2) is 11.7 Å². The Balaban J connectivity index is 0.00000300. The standard InChI is InChI=1S/C19H34N4O5.HI/c1-23(2)17(24)13-22-18(20-11-15-5-3-4-8-26-15)21-12-16-14-27-19(28-16)6-9-25-10-7-19;/h15-16H,3-14H2,1-2H3,(H2,20,21,22);1H. The van der Waals surface area contributed by atoms with Crippen molar-refractivity contribution in [1.29, 1.82) is 0 Å². The summed E-state index contributed by atoms with van der Waals surface area (Å²) in [5, 5.41) is 6.60. The normalized spacial score (nSPS) is 26.6. The summed E-state index contributed by atoms with van der Waals surface area (Å²) in [4.78, 5) is 17.9. The smallest absolute Gasteiger partial charge is 0.243 e. The van der Waals surface area contributed by atoms with Crippen molar-refractivity contribution in [3.63, 3.8) is 0 Å². The Morgan fingerprint density at radius 2 is 1.83 bits per heavy atom. The van der Waals surface area contributed by atoms with Crippen molar-refractivity contribution in [3.05, 3.63) is 0 Å². The van der Waals surface area contributed by atoms with Crippen molar-refractivity contribution < 1.29 is 23.7 Å². The van der Waals surface area contributed by atoms with Crippen LogP contribution in [-0.2, 0) is 23.7 Å². The first-order chi connectivity index (χ1) is 13.6. The molecule has 0 radical (unpaired) electrons. The molecule has 3 fully saturated rings. The summed E-state index contributed by atoms with van der Waals surface area (Å²) in [5.74, 6) is 0.0594. The molecule has 0 aromatic carbocycles. The van der Waals surface area contributed by atoms with Gasteiger partial charge in [-0.25, -0.2) is 4.99 Å². The molecular weight excluding hydrogens is 491 g/mol. The topological polar surface area (TPSA) is 93.7 Å². The summed E-state index contributed by atoms with van der Waals surface area (Å²) in [7, 11) is 3.45. The lowest BCUT2D eigenvalue weighted by Crippen LogP contribution is -2.46. The third-order valence-electron chi connectivity index (χ3n) is 5.31. The number of guanidine groups is 1. The van der Waals surface area contributed by atoms with Crippen molar-refractivity contribution in [1.82, 2.24) is 15.5 Å². The molecule has 1 spiro atoms. The fraction of sp³-hybridized carbons (Fsp3) is 0.895. The summed E-state index contributed by atoms with van der Waals surface area (Å²) in [6.07, 6.45) is 5.00. The van der Waals surface area contributed by atoms with Crippen LogP contribution in [0.25, 0.3) is 0 Å². The zero-order valence-electron chi connectivity index (χ0n) is 17.5. The highest BCUT2D eigenvalue weighted by molar-refractivity contribution is 14.0. The lowest BCUT2D eigenvalue weighted by Gasteiger charge is -2.31. The second-order valence-electron chi connectivity index (χ2n) is 7.78. The summed E-state index contributed by atoms with van der Waals surface area (Å²) >= 11 is 0. The Bertz CT molecular complexity index is 537. The van der Waals surface area contributed by atoms with Gasteiger partial charge in [-0.05, 0) is 19.3 Å². The molecule has 2 unspecified atom stereocenters. The number of halogens is 1. The molecule has 1 amide bonds. The predicted molar refractivity (Wildman–Crippen MR) is 120 cm³/mol. The Labute approximate surface area is 190 Å². The molecule has 2 atom stereocenters. The van der Waals surface area contributed by atoms with Crippen LogP contribution in [0.5, 0.6) is 0 Å². The van der Waals surface area contributed by atoms with Crippen LogP contribution >= 0.6 is 24.0 Å². The van der Waals surface area contributed by atoms with Gasteiger partial charge in [-0.3, -0.25) is 4.79 Å². The third kappa shape index (κ3) is 7.82. The van der Waals surface area contributed by atoms with Gasteiger partial charge < -0.3 is 34.5 Å². The maximum Gasteiger partial charge on any atom is 0.243 e. The number of carbonyl (C=O) groups excluding carboxylic acids is 1. The lowest BCUT2D eigenvalue weighted by molar-refractivity contribution is -0.210. The Kier molecular flexibility index (Phi) is 10.4. The number of likely N-dealkylation sites (N-methyl/N-ethyl adjacent to an activating group) is 1. The second-order valence-corrected chi connectivity index (χ2v) is 7.78. The zero-order valence-corrected chi connectivity index (χ0v) is 19.8. The van der Waals surface area contributed by atoms with E-state index in [0.29, 0.717) is 38.9 Å². The molecule has 9 nitrogen and oxygen atoms in total. The first-order valence-electron chi connectivity index (χ1n) is 10.3. The molecule has 29 heavy (non-hydrogen) atoms. The maximum atomic E-state index is 11.9. The Morgan fingerprint density at radius 1 is 1.10 bits per heavy atom. The van der Waals surface area contributed by atoms with E-state index >= 15 is 0 Å². The molecule has 0 aromatic heterocycles. The first kappa shape index (κ1) is 24.6. The predicted octanol–water partition coefficient (Wildman–Crippen LogP) is 0.719. The fourth-order valence-corrected chi connectivity index (χ4v) is 3.51. The van der Waals surface area contributed by atoms with Gasteiger partial charge in [-0.2, -0.15) is 0 Å². The largest absolute Gasteiger partial charge is 0.381 e. The molecule has 3 aliphatic rings. The summed E-state index contributed by atoms with van der Waals surface area (Å²) in [5.41, 5.74) is 0. The van der Waals surface area contributed by atoms with Crippen LogP contribution < -0.4 is 10.6 Å². The van der Waals surface area contributed by atoms with Gasteiger partial charge >= 0.3 is 0 Å². The molecule has 3 rings (SSSR count). The van der Waals surface area contributed by atoms with Gasteiger partial charge in [0.05, 0.1) is 25.9 Å². The van der Waals surface area contributed by atoms with E-state index in [1.54, 1.807) is 14.1 Å². The van der Waals surface area contributed by atoms with Crippen molar-refractivity contribution in [2.24, 2.45) is 4.99 Å². The number of ether oxygens (including phenoxy) is 4. The van der Waals surface area contributed by atoms with E-state index in [9.17, 15) is 4.79 Å². The Hall–Kier alpha value is -0.690. The molecule has 0 aromatic rings. The van der Waals surface area contributed by atoms with Gasteiger partial charge in [-0.15, -0.1) is 24.0 Å². The van der Waals surface area contributed by atoms with Crippen molar-refractivity contribution in [3.8, 4) is 0 Å². The summed E-state index contributed by atoms with van der Waals surface area (Å²) in [6.45, 7) is 4.02. The van der Waals surface area contributed by atoms with Crippen LogP contribution in [0.4, 0.5) is 0 Å².